The van der Waals surface area contributed by atoms with Crippen LogP contribution in [0.1, 0.15) is 11.1 Å². The topological polar surface area (TPSA) is 100 Å². The van der Waals surface area contributed by atoms with Crippen LogP contribution in [-0.4, -0.2) is 30.6 Å². The van der Waals surface area contributed by atoms with E-state index in [1.165, 1.54) is 22.5 Å². The summed E-state index contributed by atoms with van der Waals surface area (Å²) in [5, 5.41) is 16.1. The van der Waals surface area contributed by atoms with E-state index in [-0.39, 0.29) is 11.4 Å². The smallest absolute Gasteiger partial charge is 0.260 e. The highest BCUT2D eigenvalue weighted by Crippen LogP contribution is 2.32. The predicted molar refractivity (Wildman–Crippen MR) is 88.3 cm³/mol. The second-order valence-corrected chi connectivity index (χ2v) is 6.14. The summed E-state index contributed by atoms with van der Waals surface area (Å²) in [6, 6.07) is 6.17. The molecule has 0 aliphatic carbocycles. The van der Waals surface area contributed by atoms with Gasteiger partial charge in [0.1, 0.15) is 4.83 Å². The number of nitrogens with zero attached hydrogens (tertiary/aromatic N) is 4. The molecule has 4 rings (SSSR count). The van der Waals surface area contributed by atoms with Gasteiger partial charge in [0.05, 0.1) is 5.39 Å². The molecule has 114 valence electrons. The maximum atomic E-state index is 12.5. The number of nitrogens with one attached hydrogen (secondary N) is 2. The van der Waals surface area contributed by atoms with Crippen molar-refractivity contribution in [3.63, 3.8) is 0 Å². The summed E-state index contributed by atoms with van der Waals surface area (Å²) in [6.45, 7) is 4.13. The fraction of sp³-hybridized carbons (Fsp3) is 0.133. The van der Waals surface area contributed by atoms with Gasteiger partial charge < -0.3 is 4.98 Å². The number of hydrogen-bond acceptors (Lipinski definition) is 6. The third kappa shape index (κ3) is 2.23. The zero-order valence-corrected chi connectivity index (χ0v) is 13.2. The molecular formula is C15H12N6OS. The molecule has 23 heavy (non-hydrogen) atoms. The molecule has 7 nitrogen and oxygen atoms in total. The Morgan fingerprint density at radius 2 is 2.04 bits per heavy atom. The van der Waals surface area contributed by atoms with E-state index in [9.17, 15) is 4.79 Å². The minimum atomic E-state index is -0.204. The lowest BCUT2D eigenvalue weighted by molar-refractivity contribution is 0.881. The minimum absolute atomic E-state index is 0.204. The van der Waals surface area contributed by atoms with E-state index in [1.54, 1.807) is 0 Å². The molecule has 0 radical (unpaired) electrons. The van der Waals surface area contributed by atoms with Crippen LogP contribution in [0.25, 0.3) is 33.0 Å². The Hall–Kier alpha value is -2.87. The van der Waals surface area contributed by atoms with Crippen molar-refractivity contribution in [1.29, 1.82) is 0 Å². The van der Waals surface area contributed by atoms with Gasteiger partial charge in [0.15, 0.2) is 5.82 Å². The number of hydrogen-bond donors (Lipinski definition) is 2. The van der Waals surface area contributed by atoms with E-state index in [2.05, 4.69) is 56.6 Å². The maximum Gasteiger partial charge on any atom is 0.260 e. The van der Waals surface area contributed by atoms with Gasteiger partial charge in [0, 0.05) is 10.9 Å². The number of tetrazole rings is 1. The van der Waals surface area contributed by atoms with Crippen molar-refractivity contribution >= 4 is 21.6 Å². The van der Waals surface area contributed by atoms with E-state index >= 15 is 0 Å². The summed E-state index contributed by atoms with van der Waals surface area (Å²) in [4.78, 5) is 20.4. The Morgan fingerprint density at radius 3 is 2.78 bits per heavy atom. The Morgan fingerprint density at radius 1 is 1.17 bits per heavy atom. The van der Waals surface area contributed by atoms with Crippen molar-refractivity contribution < 1.29 is 0 Å². The van der Waals surface area contributed by atoms with E-state index in [0.29, 0.717) is 16.0 Å². The van der Waals surface area contributed by atoms with Gasteiger partial charge in [-0.15, -0.1) is 21.5 Å². The monoisotopic (exact) mass is 324 g/mol. The van der Waals surface area contributed by atoms with E-state index in [1.807, 2.05) is 11.4 Å². The normalized spacial score (nSPS) is 11.2. The summed E-state index contributed by atoms with van der Waals surface area (Å²) in [5.41, 5.74) is 4.11. The summed E-state index contributed by atoms with van der Waals surface area (Å²) in [6.07, 6.45) is 0. The number of aromatic amines is 2. The molecule has 0 saturated heterocycles. The first kappa shape index (κ1) is 13.8. The van der Waals surface area contributed by atoms with Crippen LogP contribution in [0.4, 0.5) is 0 Å². The molecule has 8 heteroatoms. The highest BCUT2D eigenvalue weighted by Gasteiger charge is 2.15. The van der Waals surface area contributed by atoms with Crippen LogP contribution >= 0.6 is 11.3 Å². The van der Waals surface area contributed by atoms with E-state index < -0.39 is 0 Å². The van der Waals surface area contributed by atoms with Crippen LogP contribution in [-0.2, 0) is 0 Å². The molecule has 2 N–H and O–H groups in total. The number of fused-ring (bicyclic) bond motifs is 1. The van der Waals surface area contributed by atoms with Gasteiger partial charge in [-0.1, -0.05) is 18.2 Å². The zero-order chi connectivity index (χ0) is 16.0. The highest BCUT2D eigenvalue weighted by atomic mass is 32.1. The van der Waals surface area contributed by atoms with Crippen LogP contribution in [0.2, 0.25) is 0 Å². The SMILES string of the molecule is Cc1ccc(-c2csc3nc(-c4nn[nH]n4)[nH]c(=O)c23)cc1C. The molecule has 3 heterocycles. The number of aryl methyl sites for hydroxylation is 2. The lowest BCUT2D eigenvalue weighted by atomic mass is 10.0. The third-order valence-corrected chi connectivity index (χ3v) is 4.69. The van der Waals surface area contributed by atoms with Crippen LogP contribution in [0, 0.1) is 13.8 Å². The molecule has 3 aromatic heterocycles. The first-order valence-corrected chi connectivity index (χ1v) is 7.84. The molecule has 1 aromatic carbocycles. The Labute approximate surface area is 134 Å². The molecule has 0 unspecified atom stereocenters. The van der Waals surface area contributed by atoms with Gasteiger partial charge >= 0.3 is 0 Å². The highest BCUT2D eigenvalue weighted by molar-refractivity contribution is 7.17. The van der Waals surface area contributed by atoms with Gasteiger partial charge in [-0.2, -0.15) is 5.21 Å². The Kier molecular flexibility index (Phi) is 3.05. The molecule has 0 amide bonds. The van der Waals surface area contributed by atoms with Crippen LogP contribution < -0.4 is 5.56 Å². The summed E-state index contributed by atoms with van der Waals surface area (Å²) in [7, 11) is 0. The van der Waals surface area contributed by atoms with Gasteiger partial charge in [0.25, 0.3) is 5.56 Å². The van der Waals surface area contributed by atoms with Gasteiger partial charge in [-0.3, -0.25) is 4.79 Å². The first-order valence-electron chi connectivity index (χ1n) is 6.96. The van der Waals surface area contributed by atoms with Crippen LogP contribution in [0.5, 0.6) is 0 Å². The molecule has 0 spiro atoms. The molecular weight excluding hydrogens is 312 g/mol. The van der Waals surface area contributed by atoms with Crippen molar-refractivity contribution in [2.45, 2.75) is 13.8 Å². The van der Waals surface area contributed by atoms with Crippen molar-refractivity contribution in [2.75, 3.05) is 0 Å². The van der Waals surface area contributed by atoms with Crippen LogP contribution in [0.15, 0.2) is 28.4 Å². The largest absolute Gasteiger partial charge is 0.303 e. The molecule has 4 aromatic rings. The third-order valence-electron chi connectivity index (χ3n) is 3.82. The lowest BCUT2D eigenvalue weighted by Crippen LogP contribution is -2.09. The molecule has 0 aliphatic heterocycles. The standard InChI is InChI=1S/C15H12N6OS/c1-7-3-4-9(5-8(7)2)10-6-23-15-11(10)14(22)16-12(17-15)13-18-20-21-19-13/h3-6H,1-2H3,(H,16,17,22)(H,18,19,20,21). The second kappa shape index (κ2) is 5.10. The number of H-pyrrole nitrogens is 2. The van der Waals surface area contributed by atoms with Gasteiger partial charge in [-0.05, 0) is 35.8 Å². The first-order chi connectivity index (χ1) is 11.1. The quantitative estimate of drug-likeness (QED) is 0.590. The van der Waals surface area contributed by atoms with Crippen molar-refractivity contribution in [3.05, 3.63) is 45.1 Å². The van der Waals surface area contributed by atoms with Crippen LogP contribution in [0.3, 0.4) is 0 Å². The number of benzene rings is 1. The molecule has 0 saturated carbocycles. The van der Waals surface area contributed by atoms with E-state index in [0.717, 1.165) is 11.1 Å². The number of thiophene rings is 1. The fourth-order valence-corrected chi connectivity index (χ4v) is 3.39. The zero-order valence-electron chi connectivity index (χ0n) is 12.4. The van der Waals surface area contributed by atoms with E-state index in [4.69, 9.17) is 0 Å². The summed E-state index contributed by atoms with van der Waals surface area (Å²) < 4.78 is 0. The van der Waals surface area contributed by atoms with Crippen molar-refractivity contribution in [1.82, 2.24) is 30.6 Å². The molecule has 0 bridgehead atoms. The van der Waals surface area contributed by atoms with Gasteiger partial charge in [-0.25, -0.2) is 4.98 Å². The number of rotatable bonds is 2. The van der Waals surface area contributed by atoms with Crippen molar-refractivity contribution in [3.8, 4) is 22.8 Å². The molecule has 0 aliphatic rings. The molecule has 0 fully saturated rings. The van der Waals surface area contributed by atoms with Crippen molar-refractivity contribution in [2.24, 2.45) is 0 Å². The average molecular weight is 324 g/mol. The lowest BCUT2D eigenvalue weighted by Gasteiger charge is -2.04. The second-order valence-electron chi connectivity index (χ2n) is 5.28. The maximum absolute atomic E-state index is 12.5. The predicted octanol–water partition coefficient (Wildman–Crippen LogP) is 2.45. The van der Waals surface area contributed by atoms with Gasteiger partial charge in [0.2, 0.25) is 5.82 Å². The summed E-state index contributed by atoms with van der Waals surface area (Å²) in [5.74, 6) is 0.579. The minimum Gasteiger partial charge on any atom is -0.303 e. The Bertz CT molecular complexity index is 1060. The Balaban J connectivity index is 1.93. The fourth-order valence-electron chi connectivity index (χ4n) is 2.44. The summed E-state index contributed by atoms with van der Waals surface area (Å²) >= 11 is 1.43. The average Bonchev–Trinajstić information content (AvgIpc) is 3.19. The molecule has 0 atom stereocenters. The number of aromatic nitrogens is 6.